The zero-order chi connectivity index (χ0) is 25.8. The van der Waals surface area contributed by atoms with Crippen molar-refractivity contribution < 1.29 is 23.8 Å². The van der Waals surface area contributed by atoms with Crippen molar-refractivity contribution in [2.75, 3.05) is 13.7 Å². The van der Waals surface area contributed by atoms with E-state index in [1.165, 1.54) is 0 Å². The Bertz CT molecular complexity index is 1160. The first-order valence-electron chi connectivity index (χ1n) is 12.7. The maximum Gasteiger partial charge on any atom is 0.336 e. The molecule has 2 aromatic carbocycles. The summed E-state index contributed by atoms with van der Waals surface area (Å²) in [5.74, 6) is 0.361. The number of carbonyl (C=O) groups is 2. The van der Waals surface area contributed by atoms with Gasteiger partial charge in [0, 0.05) is 23.7 Å². The van der Waals surface area contributed by atoms with Gasteiger partial charge >= 0.3 is 5.97 Å². The van der Waals surface area contributed by atoms with Gasteiger partial charge in [-0.1, -0.05) is 31.2 Å². The van der Waals surface area contributed by atoms with E-state index in [0.29, 0.717) is 30.7 Å². The first kappa shape index (κ1) is 25.7. The van der Waals surface area contributed by atoms with E-state index < -0.39 is 17.8 Å². The average molecular weight is 490 g/mol. The number of rotatable bonds is 8. The molecule has 36 heavy (non-hydrogen) atoms. The molecule has 1 fully saturated rings. The fraction of sp³-hybridized carbons (Fsp3) is 0.433. The van der Waals surface area contributed by atoms with E-state index in [9.17, 15) is 9.59 Å². The van der Waals surface area contributed by atoms with Crippen molar-refractivity contribution in [3.63, 3.8) is 0 Å². The smallest absolute Gasteiger partial charge is 0.336 e. The zero-order valence-corrected chi connectivity index (χ0v) is 21.7. The molecule has 6 nitrogen and oxygen atoms in total. The molecular formula is C30H35NO5. The SMILES string of the molecule is CCCOc1ccc([C@@H]2C(C(=O)OC(C)C)=C(C)N=C3C[C@@H](c4ccc(OC)cc4)CC(=O)C32)cc1. The van der Waals surface area contributed by atoms with Gasteiger partial charge in [-0.15, -0.1) is 0 Å². The molecule has 1 heterocycles. The summed E-state index contributed by atoms with van der Waals surface area (Å²) in [4.78, 5) is 31.8. The fourth-order valence-electron chi connectivity index (χ4n) is 5.18. The number of nitrogens with zero attached hydrogens (tertiary/aromatic N) is 1. The van der Waals surface area contributed by atoms with Crippen LogP contribution in [0, 0.1) is 5.92 Å². The molecule has 1 saturated carbocycles. The van der Waals surface area contributed by atoms with Gasteiger partial charge in [-0.25, -0.2) is 4.79 Å². The number of aliphatic imine (C=N–C) groups is 1. The molecule has 0 bridgehead atoms. The molecule has 1 unspecified atom stereocenters. The maximum absolute atomic E-state index is 13.7. The van der Waals surface area contributed by atoms with Crippen LogP contribution in [-0.2, 0) is 14.3 Å². The number of ether oxygens (including phenoxy) is 3. The van der Waals surface area contributed by atoms with E-state index in [4.69, 9.17) is 19.2 Å². The van der Waals surface area contributed by atoms with Gasteiger partial charge < -0.3 is 14.2 Å². The fourth-order valence-corrected chi connectivity index (χ4v) is 5.18. The number of allylic oxidation sites excluding steroid dienone is 1. The van der Waals surface area contributed by atoms with Crippen LogP contribution in [0.1, 0.15) is 69.9 Å². The molecule has 0 radical (unpaired) electrons. The van der Waals surface area contributed by atoms with Crippen molar-refractivity contribution in [3.05, 3.63) is 70.9 Å². The van der Waals surface area contributed by atoms with Gasteiger partial charge in [-0.05, 0) is 74.9 Å². The minimum absolute atomic E-state index is 0.0424. The molecule has 0 amide bonds. The molecule has 1 aliphatic heterocycles. The highest BCUT2D eigenvalue weighted by Crippen LogP contribution is 2.46. The number of esters is 1. The van der Waals surface area contributed by atoms with E-state index in [1.54, 1.807) is 7.11 Å². The van der Waals surface area contributed by atoms with E-state index in [-0.39, 0.29) is 17.8 Å². The Kier molecular flexibility index (Phi) is 7.92. The molecule has 3 atom stereocenters. The minimum Gasteiger partial charge on any atom is -0.497 e. The van der Waals surface area contributed by atoms with Crippen LogP contribution in [0.2, 0.25) is 0 Å². The van der Waals surface area contributed by atoms with Gasteiger partial charge in [0.15, 0.2) is 0 Å². The molecule has 0 N–H and O–H groups in total. The lowest BCUT2D eigenvalue weighted by Crippen LogP contribution is -2.41. The Morgan fingerprint density at radius 3 is 2.22 bits per heavy atom. The third kappa shape index (κ3) is 5.38. The first-order valence-corrected chi connectivity index (χ1v) is 12.7. The van der Waals surface area contributed by atoms with E-state index >= 15 is 0 Å². The molecule has 2 aromatic rings. The summed E-state index contributed by atoms with van der Waals surface area (Å²) in [5.41, 5.74) is 3.90. The Morgan fingerprint density at radius 2 is 1.61 bits per heavy atom. The van der Waals surface area contributed by atoms with Gasteiger partial charge in [-0.2, -0.15) is 0 Å². The van der Waals surface area contributed by atoms with Crippen LogP contribution in [0.3, 0.4) is 0 Å². The van der Waals surface area contributed by atoms with Crippen molar-refractivity contribution >= 4 is 17.5 Å². The number of carbonyl (C=O) groups excluding carboxylic acids is 2. The van der Waals surface area contributed by atoms with Crippen molar-refractivity contribution in [3.8, 4) is 11.5 Å². The van der Waals surface area contributed by atoms with Gasteiger partial charge in [0.05, 0.1) is 31.3 Å². The molecule has 1 aliphatic carbocycles. The second-order valence-electron chi connectivity index (χ2n) is 9.77. The lowest BCUT2D eigenvalue weighted by atomic mass is 9.66. The van der Waals surface area contributed by atoms with Gasteiger partial charge in [0.25, 0.3) is 0 Å². The largest absolute Gasteiger partial charge is 0.497 e. The summed E-state index contributed by atoms with van der Waals surface area (Å²) >= 11 is 0. The second kappa shape index (κ2) is 11.1. The number of benzene rings is 2. The number of methoxy groups -OCH3 is 1. The second-order valence-corrected chi connectivity index (χ2v) is 9.77. The summed E-state index contributed by atoms with van der Waals surface area (Å²) in [5, 5.41) is 0. The predicted octanol–water partition coefficient (Wildman–Crippen LogP) is 6.01. The van der Waals surface area contributed by atoms with Gasteiger partial charge in [0.1, 0.15) is 17.3 Å². The molecule has 190 valence electrons. The highest BCUT2D eigenvalue weighted by Gasteiger charge is 2.46. The van der Waals surface area contributed by atoms with E-state index in [2.05, 4.69) is 6.92 Å². The van der Waals surface area contributed by atoms with Crippen LogP contribution >= 0.6 is 0 Å². The highest BCUT2D eigenvalue weighted by molar-refractivity contribution is 6.12. The standard InChI is InChI=1S/C30H35NO5/c1-6-15-35-24-13-9-21(10-14-24)28-27(30(33)36-18(2)3)19(4)31-25-16-22(17-26(32)29(25)28)20-7-11-23(34-5)12-8-20/h7-14,18,22,28-29H,6,15-17H2,1-5H3/t22-,28-,29?/m1/s1. The minimum atomic E-state index is -0.486. The number of Topliss-reactive ketones (excluding diaryl/α,β-unsaturated/α-hetero) is 1. The quantitative estimate of drug-likeness (QED) is 0.425. The van der Waals surface area contributed by atoms with Gasteiger partial charge in [0.2, 0.25) is 0 Å². The predicted molar refractivity (Wildman–Crippen MR) is 140 cm³/mol. The topological polar surface area (TPSA) is 74.2 Å². The van der Waals surface area contributed by atoms with Crippen molar-refractivity contribution in [1.82, 2.24) is 0 Å². The molecule has 4 rings (SSSR count). The lowest BCUT2D eigenvalue weighted by Gasteiger charge is -2.38. The third-order valence-electron chi connectivity index (χ3n) is 6.82. The van der Waals surface area contributed by atoms with Crippen molar-refractivity contribution in [1.29, 1.82) is 0 Å². The summed E-state index contributed by atoms with van der Waals surface area (Å²) in [6.07, 6.45) is 1.72. The van der Waals surface area contributed by atoms with E-state index in [1.807, 2.05) is 69.3 Å². The number of fused-ring (bicyclic) bond motifs is 1. The van der Waals surface area contributed by atoms with Crippen molar-refractivity contribution in [2.45, 2.75) is 64.9 Å². The molecular weight excluding hydrogens is 454 g/mol. The number of ketones is 1. The summed E-state index contributed by atoms with van der Waals surface area (Å²) in [6.45, 7) is 8.19. The highest BCUT2D eigenvalue weighted by atomic mass is 16.5. The van der Waals surface area contributed by atoms with Crippen LogP contribution in [-0.4, -0.2) is 37.3 Å². The first-order chi connectivity index (χ1) is 17.3. The van der Waals surface area contributed by atoms with E-state index in [0.717, 1.165) is 34.8 Å². The number of hydrogen-bond donors (Lipinski definition) is 0. The molecule has 0 saturated heterocycles. The van der Waals surface area contributed by atoms with Crippen LogP contribution in [0.15, 0.2) is 64.8 Å². The Morgan fingerprint density at radius 1 is 0.972 bits per heavy atom. The maximum atomic E-state index is 13.7. The van der Waals surface area contributed by atoms with Crippen LogP contribution in [0.4, 0.5) is 0 Å². The summed E-state index contributed by atoms with van der Waals surface area (Å²) in [6, 6.07) is 15.6. The Hall–Kier alpha value is -3.41. The Labute approximate surface area is 213 Å². The molecule has 2 aliphatic rings. The average Bonchev–Trinajstić information content (AvgIpc) is 2.86. The summed E-state index contributed by atoms with van der Waals surface area (Å²) < 4.78 is 16.6. The van der Waals surface area contributed by atoms with Crippen molar-refractivity contribution in [2.24, 2.45) is 10.9 Å². The molecule has 0 aromatic heterocycles. The zero-order valence-electron chi connectivity index (χ0n) is 21.7. The monoisotopic (exact) mass is 489 g/mol. The molecule has 6 heteroatoms. The van der Waals surface area contributed by atoms with Gasteiger partial charge in [-0.3, -0.25) is 9.79 Å². The number of hydrogen-bond acceptors (Lipinski definition) is 6. The molecule has 0 spiro atoms. The summed E-state index contributed by atoms with van der Waals surface area (Å²) in [7, 11) is 1.64. The normalized spacial score (nSPS) is 21.7. The van der Waals surface area contributed by atoms with Crippen LogP contribution in [0.25, 0.3) is 0 Å². The third-order valence-corrected chi connectivity index (χ3v) is 6.82. The Balaban J connectivity index is 1.72. The lowest BCUT2D eigenvalue weighted by molar-refractivity contribution is -0.143. The van der Waals surface area contributed by atoms with Crippen LogP contribution in [0.5, 0.6) is 11.5 Å². The van der Waals surface area contributed by atoms with Crippen LogP contribution < -0.4 is 9.47 Å².